The van der Waals surface area contributed by atoms with Gasteiger partial charge in [-0.3, -0.25) is 0 Å². The number of morpholine rings is 1. The summed E-state index contributed by atoms with van der Waals surface area (Å²) in [6.07, 6.45) is 4.98. The molecule has 1 aliphatic carbocycles. The molecule has 5 heteroatoms. The molecule has 1 N–H and O–H groups in total. The number of hydrogen-bond acceptors (Lipinski definition) is 5. The van der Waals surface area contributed by atoms with E-state index in [1.807, 2.05) is 0 Å². The van der Waals surface area contributed by atoms with Crippen LogP contribution in [-0.4, -0.2) is 29.9 Å². The summed E-state index contributed by atoms with van der Waals surface area (Å²) < 4.78 is 10.8. The highest BCUT2D eigenvalue weighted by Gasteiger charge is 2.30. The minimum Gasteiger partial charge on any atom is -0.378 e. The molecule has 18 heavy (non-hydrogen) atoms. The van der Waals surface area contributed by atoms with E-state index in [9.17, 15) is 0 Å². The molecule has 5 nitrogen and oxygen atoms in total. The predicted octanol–water partition coefficient (Wildman–Crippen LogP) is 2.02. The van der Waals surface area contributed by atoms with Gasteiger partial charge < -0.3 is 14.6 Å². The van der Waals surface area contributed by atoms with E-state index in [1.54, 1.807) is 0 Å². The van der Waals surface area contributed by atoms with Crippen molar-refractivity contribution in [2.24, 2.45) is 5.92 Å². The molecule has 2 fully saturated rings. The number of rotatable bonds is 3. The first-order valence-corrected chi connectivity index (χ1v) is 7.01. The minimum absolute atomic E-state index is 0.0726. The smallest absolute Gasteiger partial charge is 0.246 e. The zero-order valence-electron chi connectivity index (χ0n) is 10.9. The van der Waals surface area contributed by atoms with Gasteiger partial charge in [-0.15, -0.1) is 0 Å². The lowest BCUT2D eigenvalue weighted by molar-refractivity contribution is 0.0659. The van der Waals surface area contributed by atoms with Crippen LogP contribution in [0.5, 0.6) is 0 Å². The summed E-state index contributed by atoms with van der Waals surface area (Å²) in [5, 5.41) is 7.50. The molecule has 1 aromatic rings. The maximum absolute atomic E-state index is 5.42. The Morgan fingerprint density at radius 1 is 1.39 bits per heavy atom. The third-order valence-corrected chi connectivity index (χ3v) is 4.16. The third-order valence-electron chi connectivity index (χ3n) is 4.16. The molecular formula is C13H21N3O2. The van der Waals surface area contributed by atoms with Crippen LogP contribution in [0.15, 0.2) is 4.52 Å². The second kappa shape index (κ2) is 5.36. The van der Waals surface area contributed by atoms with Crippen molar-refractivity contribution in [2.75, 3.05) is 19.8 Å². The first-order chi connectivity index (χ1) is 8.86. The Labute approximate surface area is 107 Å². The van der Waals surface area contributed by atoms with Crippen molar-refractivity contribution in [3.05, 3.63) is 11.7 Å². The van der Waals surface area contributed by atoms with Crippen molar-refractivity contribution in [2.45, 2.75) is 44.6 Å². The van der Waals surface area contributed by atoms with Crippen molar-refractivity contribution in [1.29, 1.82) is 0 Å². The fraction of sp³-hybridized carbons (Fsp3) is 0.846. The predicted molar refractivity (Wildman–Crippen MR) is 66.2 cm³/mol. The van der Waals surface area contributed by atoms with Crippen molar-refractivity contribution in [3.8, 4) is 0 Å². The zero-order valence-corrected chi connectivity index (χ0v) is 10.9. The molecule has 0 radical (unpaired) electrons. The molecule has 100 valence electrons. The molecule has 0 amide bonds. The highest BCUT2D eigenvalue weighted by Crippen LogP contribution is 2.38. The van der Waals surface area contributed by atoms with Crippen LogP contribution < -0.4 is 5.32 Å². The van der Waals surface area contributed by atoms with Gasteiger partial charge in [0.05, 0.1) is 13.2 Å². The number of hydrogen-bond donors (Lipinski definition) is 1. The molecule has 2 aliphatic rings. The Bertz CT molecular complexity index is 387. The molecule has 3 atom stereocenters. The molecule has 1 aliphatic heterocycles. The number of nitrogens with one attached hydrogen (secondary N) is 1. The number of aromatic nitrogens is 2. The van der Waals surface area contributed by atoms with Crippen molar-refractivity contribution in [3.63, 3.8) is 0 Å². The number of ether oxygens (including phenoxy) is 1. The summed E-state index contributed by atoms with van der Waals surface area (Å²) in [4.78, 5) is 4.56. The van der Waals surface area contributed by atoms with Crippen LogP contribution in [0.3, 0.4) is 0 Å². The van der Waals surface area contributed by atoms with E-state index < -0.39 is 0 Å². The van der Waals surface area contributed by atoms with Crippen molar-refractivity contribution < 1.29 is 9.26 Å². The summed E-state index contributed by atoms with van der Waals surface area (Å²) in [5.74, 6) is 2.92. The Morgan fingerprint density at radius 3 is 3.06 bits per heavy atom. The van der Waals surface area contributed by atoms with E-state index in [2.05, 4.69) is 22.4 Å². The fourth-order valence-corrected chi connectivity index (χ4v) is 2.96. The maximum atomic E-state index is 5.42. The normalized spacial score (nSPS) is 32.8. The van der Waals surface area contributed by atoms with Crippen LogP contribution >= 0.6 is 0 Å². The van der Waals surface area contributed by atoms with Crippen LogP contribution in [0.2, 0.25) is 0 Å². The van der Waals surface area contributed by atoms with Crippen molar-refractivity contribution >= 4 is 0 Å². The van der Waals surface area contributed by atoms with Crippen molar-refractivity contribution in [1.82, 2.24) is 15.5 Å². The Hall–Kier alpha value is -0.940. The van der Waals surface area contributed by atoms with E-state index in [0.717, 1.165) is 24.9 Å². The van der Waals surface area contributed by atoms with E-state index in [0.29, 0.717) is 18.4 Å². The second-order valence-corrected chi connectivity index (χ2v) is 5.36. The lowest BCUT2D eigenvalue weighted by Gasteiger charge is -2.20. The summed E-state index contributed by atoms with van der Waals surface area (Å²) >= 11 is 0. The Morgan fingerprint density at radius 2 is 2.33 bits per heavy atom. The highest BCUT2D eigenvalue weighted by atomic mass is 16.5. The second-order valence-electron chi connectivity index (χ2n) is 5.36. The van der Waals surface area contributed by atoms with Gasteiger partial charge in [0, 0.05) is 12.5 Å². The van der Waals surface area contributed by atoms with Gasteiger partial charge in [-0.05, 0) is 25.2 Å². The molecule has 1 saturated heterocycles. The van der Waals surface area contributed by atoms with Crippen LogP contribution in [0.4, 0.5) is 0 Å². The van der Waals surface area contributed by atoms with Gasteiger partial charge in [0.25, 0.3) is 0 Å². The van der Waals surface area contributed by atoms with E-state index >= 15 is 0 Å². The number of nitrogens with zero attached hydrogens (tertiary/aromatic N) is 2. The van der Waals surface area contributed by atoms with Crippen LogP contribution in [-0.2, 0) is 4.74 Å². The molecule has 0 spiro atoms. The summed E-state index contributed by atoms with van der Waals surface area (Å²) in [5.41, 5.74) is 0. The van der Waals surface area contributed by atoms with Gasteiger partial charge in [-0.2, -0.15) is 4.98 Å². The van der Waals surface area contributed by atoms with Gasteiger partial charge >= 0.3 is 0 Å². The molecule has 0 bridgehead atoms. The monoisotopic (exact) mass is 251 g/mol. The molecule has 3 unspecified atom stereocenters. The Kier molecular flexibility index (Phi) is 3.61. The fourth-order valence-electron chi connectivity index (χ4n) is 2.96. The summed E-state index contributed by atoms with van der Waals surface area (Å²) in [6, 6.07) is 0.0726. The van der Waals surface area contributed by atoms with Crippen LogP contribution in [0.1, 0.15) is 56.3 Å². The van der Waals surface area contributed by atoms with Gasteiger partial charge in [0.1, 0.15) is 6.04 Å². The first-order valence-electron chi connectivity index (χ1n) is 7.01. The van der Waals surface area contributed by atoms with Crippen LogP contribution in [0.25, 0.3) is 0 Å². The van der Waals surface area contributed by atoms with Crippen LogP contribution in [0, 0.1) is 5.92 Å². The maximum Gasteiger partial charge on any atom is 0.246 e. The quantitative estimate of drug-likeness (QED) is 0.890. The lowest BCUT2D eigenvalue weighted by Crippen LogP contribution is -2.34. The summed E-state index contributed by atoms with van der Waals surface area (Å²) in [6.45, 7) is 4.50. The molecule has 3 rings (SSSR count). The topological polar surface area (TPSA) is 60.2 Å². The Balaban J connectivity index is 1.66. The van der Waals surface area contributed by atoms with E-state index in [1.165, 1.54) is 25.7 Å². The largest absolute Gasteiger partial charge is 0.378 e. The van der Waals surface area contributed by atoms with Gasteiger partial charge in [-0.1, -0.05) is 18.5 Å². The molecule has 2 heterocycles. The summed E-state index contributed by atoms with van der Waals surface area (Å²) in [7, 11) is 0. The lowest BCUT2D eigenvalue weighted by atomic mass is 10.0. The standard InChI is InChI=1S/C13H21N3O2/c1-2-9-3-4-10(7-9)12-15-13(18-16-12)11-8-17-6-5-14-11/h9-11,14H,2-8H2,1H3. The van der Waals surface area contributed by atoms with Gasteiger partial charge in [-0.25, -0.2) is 0 Å². The SMILES string of the molecule is CCC1CCC(c2noc(C3COCCN3)n2)C1. The molecule has 1 aromatic heterocycles. The molecule has 1 saturated carbocycles. The average Bonchev–Trinajstić information content (AvgIpc) is 3.08. The highest BCUT2D eigenvalue weighted by molar-refractivity contribution is 5.02. The average molecular weight is 251 g/mol. The molecule has 0 aromatic carbocycles. The zero-order chi connectivity index (χ0) is 12.4. The molecular weight excluding hydrogens is 230 g/mol. The van der Waals surface area contributed by atoms with E-state index in [4.69, 9.17) is 9.26 Å². The minimum atomic E-state index is 0.0726. The van der Waals surface area contributed by atoms with Gasteiger partial charge in [0.15, 0.2) is 5.82 Å². The van der Waals surface area contributed by atoms with E-state index in [-0.39, 0.29) is 6.04 Å². The third kappa shape index (κ3) is 2.42. The first kappa shape index (κ1) is 12.1. The van der Waals surface area contributed by atoms with Gasteiger partial charge in [0.2, 0.25) is 5.89 Å².